The Morgan fingerprint density at radius 3 is 3.12 bits per heavy atom. The summed E-state index contributed by atoms with van der Waals surface area (Å²) in [5, 5.41) is 0. The maximum atomic E-state index is 11.6. The van der Waals surface area contributed by atoms with E-state index in [0.29, 0.717) is 23.1 Å². The molecule has 1 fully saturated rings. The molecule has 2 unspecified atom stereocenters. The SMILES string of the molecule is Cc1cc(C=O)c2c(n1)OP1(=O)OOC2O1. The van der Waals surface area contributed by atoms with E-state index in [-0.39, 0.29) is 5.88 Å². The van der Waals surface area contributed by atoms with E-state index >= 15 is 0 Å². The van der Waals surface area contributed by atoms with Gasteiger partial charge in [-0.05, 0) is 13.0 Å². The molecule has 0 aliphatic carbocycles. The highest BCUT2D eigenvalue weighted by Gasteiger charge is 2.50. The van der Waals surface area contributed by atoms with Gasteiger partial charge in [-0.2, -0.15) is 4.89 Å². The molecule has 2 aliphatic rings. The summed E-state index contributed by atoms with van der Waals surface area (Å²) in [4.78, 5) is 19.6. The molecule has 7 nitrogen and oxygen atoms in total. The van der Waals surface area contributed by atoms with Crippen LogP contribution in [0.25, 0.3) is 0 Å². The Morgan fingerprint density at radius 1 is 1.56 bits per heavy atom. The van der Waals surface area contributed by atoms with Crippen LogP contribution in [0.1, 0.15) is 27.9 Å². The normalized spacial score (nSPS) is 30.7. The number of aryl methyl sites for hydroxylation is 1. The van der Waals surface area contributed by atoms with E-state index in [0.717, 1.165) is 0 Å². The van der Waals surface area contributed by atoms with Crippen LogP contribution in [0.15, 0.2) is 6.07 Å². The van der Waals surface area contributed by atoms with Gasteiger partial charge in [0.15, 0.2) is 6.29 Å². The number of fused-ring (bicyclic) bond motifs is 4. The molecule has 16 heavy (non-hydrogen) atoms. The average Bonchev–Trinajstić information content (AvgIpc) is 2.53. The minimum Gasteiger partial charge on any atom is -0.383 e. The van der Waals surface area contributed by atoms with Crippen molar-refractivity contribution in [1.29, 1.82) is 0 Å². The first-order valence-corrected chi connectivity index (χ1v) is 5.87. The van der Waals surface area contributed by atoms with Gasteiger partial charge in [-0.3, -0.25) is 4.79 Å². The van der Waals surface area contributed by atoms with Crippen LogP contribution >= 0.6 is 7.82 Å². The van der Waals surface area contributed by atoms with E-state index in [1.807, 2.05) is 0 Å². The van der Waals surface area contributed by atoms with E-state index in [9.17, 15) is 9.36 Å². The Balaban J connectivity index is 2.24. The molecule has 8 heteroatoms. The number of pyridine rings is 1. The number of phosphoric acid groups is 1. The van der Waals surface area contributed by atoms with Crippen LogP contribution in [0.2, 0.25) is 0 Å². The van der Waals surface area contributed by atoms with Crippen LogP contribution in [-0.4, -0.2) is 11.3 Å². The van der Waals surface area contributed by atoms with Gasteiger partial charge in [0, 0.05) is 11.3 Å². The maximum absolute atomic E-state index is 11.6. The molecule has 1 saturated heterocycles. The molecule has 2 aliphatic heterocycles. The lowest BCUT2D eigenvalue weighted by Crippen LogP contribution is -2.11. The Labute approximate surface area is 89.8 Å². The van der Waals surface area contributed by atoms with Crippen LogP contribution < -0.4 is 4.52 Å². The molecule has 0 saturated carbocycles. The Morgan fingerprint density at radius 2 is 2.38 bits per heavy atom. The highest BCUT2D eigenvalue weighted by molar-refractivity contribution is 7.49. The van der Waals surface area contributed by atoms with Crippen molar-refractivity contribution >= 4 is 14.1 Å². The van der Waals surface area contributed by atoms with E-state index in [1.54, 1.807) is 13.0 Å². The number of rotatable bonds is 1. The number of carbonyl (C=O) groups is 1. The third-order valence-corrected chi connectivity index (χ3v) is 3.31. The first-order valence-electron chi connectivity index (χ1n) is 4.41. The monoisotopic (exact) mass is 243 g/mol. The molecular weight excluding hydrogens is 237 g/mol. The molecule has 2 atom stereocenters. The van der Waals surface area contributed by atoms with Crippen molar-refractivity contribution in [3.05, 3.63) is 22.9 Å². The standard InChI is InChI=1S/C8H6NO6P/c1-4-2-5(3-10)6-7(9-4)13-16(11)14-8(6)12-15-16/h2-3,8H,1H3. The third kappa shape index (κ3) is 1.30. The number of carbonyl (C=O) groups excluding carboxylic acids is 1. The van der Waals surface area contributed by atoms with Crippen LogP contribution in [0, 0.1) is 6.92 Å². The van der Waals surface area contributed by atoms with Gasteiger partial charge in [0.1, 0.15) is 0 Å². The summed E-state index contributed by atoms with van der Waals surface area (Å²) < 4.78 is 25.9. The van der Waals surface area contributed by atoms with Crippen molar-refractivity contribution < 1.29 is 28.0 Å². The molecule has 1 aromatic rings. The molecule has 0 N–H and O–H groups in total. The van der Waals surface area contributed by atoms with Gasteiger partial charge in [-0.15, -0.1) is 4.67 Å². The lowest BCUT2D eigenvalue weighted by atomic mass is 10.1. The topological polar surface area (TPSA) is 84.0 Å². The highest BCUT2D eigenvalue weighted by Crippen LogP contribution is 2.64. The van der Waals surface area contributed by atoms with Crippen LogP contribution in [0.5, 0.6) is 5.88 Å². The zero-order chi connectivity index (χ0) is 11.3. The molecular formula is C8H6NO6P. The third-order valence-electron chi connectivity index (χ3n) is 2.19. The molecule has 0 spiro atoms. The summed E-state index contributed by atoms with van der Waals surface area (Å²) in [7, 11) is -3.70. The van der Waals surface area contributed by atoms with Gasteiger partial charge in [-0.1, -0.05) is 0 Å². The van der Waals surface area contributed by atoms with Gasteiger partial charge in [0.05, 0.1) is 5.56 Å². The fraction of sp³-hybridized carbons (Fsp3) is 0.250. The number of nitrogens with zero attached hydrogens (tertiary/aromatic N) is 1. The molecule has 3 rings (SSSR count). The van der Waals surface area contributed by atoms with Gasteiger partial charge in [-0.25, -0.2) is 14.1 Å². The summed E-state index contributed by atoms with van der Waals surface area (Å²) in [5.41, 5.74) is 1.17. The highest BCUT2D eigenvalue weighted by atomic mass is 31.2. The minimum absolute atomic E-state index is 0.0548. The summed E-state index contributed by atoms with van der Waals surface area (Å²) in [6, 6.07) is 1.55. The van der Waals surface area contributed by atoms with Crippen molar-refractivity contribution in [2.24, 2.45) is 0 Å². The van der Waals surface area contributed by atoms with Crippen LogP contribution in [0.3, 0.4) is 0 Å². The second kappa shape index (κ2) is 3.11. The largest absolute Gasteiger partial charge is 0.561 e. The van der Waals surface area contributed by atoms with Gasteiger partial charge in [0.2, 0.25) is 12.2 Å². The molecule has 2 bridgehead atoms. The van der Waals surface area contributed by atoms with Crippen molar-refractivity contribution in [1.82, 2.24) is 4.98 Å². The zero-order valence-electron chi connectivity index (χ0n) is 8.08. The fourth-order valence-electron chi connectivity index (χ4n) is 1.57. The number of aromatic nitrogens is 1. The van der Waals surface area contributed by atoms with Crippen molar-refractivity contribution in [3.63, 3.8) is 0 Å². The lowest BCUT2D eigenvalue weighted by Gasteiger charge is -2.19. The summed E-state index contributed by atoms with van der Waals surface area (Å²) in [5.74, 6) is 0.0548. The average molecular weight is 243 g/mol. The lowest BCUT2D eigenvalue weighted by molar-refractivity contribution is -0.248. The van der Waals surface area contributed by atoms with Crippen molar-refractivity contribution in [3.8, 4) is 5.88 Å². The molecule has 3 heterocycles. The van der Waals surface area contributed by atoms with Crippen LogP contribution in [0.4, 0.5) is 0 Å². The van der Waals surface area contributed by atoms with E-state index in [2.05, 4.69) is 14.5 Å². The molecule has 0 amide bonds. The second-order valence-electron chi connectivity index (χ2n) is 3.34. The first-order chi connectivity index (χ1) is 7.61. The van der Waals surface area contributed by atoms with Crippen molar-refractivity contribution in [2.45, 2.75) is 13.2 Å². The van der Waals surface area contributed by atoms with Gasteiger partial charge in [0.25, 0.3) is 0 Å². The molecule has 84 valence electrons. The van der Waals surface area contributed by atoms with Crippen molar-refractivity contribution in [2.75, 3.05) is 0 Å². The van der Waals surface area contributed by atoms with Gasteiger partial charge < -0.3 is 4.52 Å². The molecule has 0 aromatic carbocycles. The van der Waals surface area contributed by atoms with E-state index < -0.39 is 14.1 Å². The van der Waals surface area contributed by atoms with Gasteiger partial charge >= 0.3 is 7.82 Å². The predicted octanol–water partition coefficient (Wildman–Crippen LogP) is 1.68. The number of hydrogen-bond donors (Lipinski definition) is 0. The Hall–Kier alpha value is -1.27. The summed E-state index contributed by atoms with van der Waals surface area (Å²) in [6.45, 7) is 1.69. The Kier molecular flexibility index (Phi) is 1.93. The fourth-order valence-corrected chi connectivity index (χ4v) is 2.59. The second-order valence-corrected chi connectivity index (χ2v) is 4.77. The van der Waals surface area contributed by atoms with Crippen LogP contribution in [-0.2, 0) is 18.7 Å². The summed E-state index contributed by atoms with van der Waals surface area (Å²) in [6.07, 6.45) is -0.402. The first kappa shape index (κ1) is 9.92. The zero-order valence-corrected chi connectivity index (χ0v) is 8.97. The molecule has 1 aromatic heterocycles. The Bertz CT molecular complexity index is 530. The predicted molar refractivity (Wildman–Crippen MR) is 48.6 cm³/mol. The molecule has 0 radical (unpaired) electrons. The van der Waals surface area contributed by atoms with E-state index in [1.165, 1.54) is 0 Å². The number of phosphoric ester groups is 1. The quantitative estimate of drug-likeness (QED) is 0.421. The number of hydrogen-bond acceptors (Lipinski definition) is 7. The summed E-state index contributed by atoms with van der Waals surface area (Å²) >= 11 is 0. The minimum atomic E-state index is -3.70. The van der Waals surface area contributed by atoms with E-state index in [4.69, 9.17) is 9.05 Å². The smallest absolute Gasteiger partial charge is 0.383 e. The number of aldehydes is 1. The maximum Gasteiger partial charge on any atom is 0.561 e.